The number of rotatable bonds is 0. The molecule has 40 valence electrons. The third kappa shape index (κ3) is 3.27. The second-order valence-corrected chi connectivity index (χ2v) is 1.47. The number of hydrogen-bond donors (Lipinski definition) is 0. The van der Waals surface area contributed by atoms with Crippen molar-refractivity contribution in [1.82, 2.24) is 0 Å². The Morgan fingerprint density at radius 3 is 2.38 bits per heavy atom. The van der Waals surface area contributed by atoms with Crippen molar-refractivity contribution in [2.75, 3.05) is 0 Å². The SMILES string of the molecule is CC1=[C-]CC=C1.[CH3-].[Mg+2]. The van der Waals surface area contributed by atoms with E-state index in [2.05, 4.69) is 25.2 Å². The fourth-order valence-corrected chi connectivity index (χ4v) is 0.515. The van der Waals surface area contributed by atoms with Crippen LogP contribution in [0.5, 0.6) is 0 Å². The summed E-state index contributed by atoms with van der Waals surface area (Å²) in [6, 6.07) is 0. The maximum absolute atomic E-state index is 3.12. The van der Waals surface area contributed by atoms with Crippen molar-refractivity contribution in [3.8, 4) is 0 Å². The molecule has 0 amide bonds. The third-order valence-electron chi connectivity index (χ3n) is 0.867. The Morgan fingerprint density at radius 2 is 2.25 bits per heavy atom. The predicted molar refractivity (Wildman–Crippen MR) is 38.4 cm³/mol. The fraction of sp³-hybridized carbons (Fsp3) is 0.286. The number of hydrogen-bond acceptors (Lipinski definition) is 0. The molecule has 0 nitrogen and oxygen atoms in total. The molecule has 0 N–H and O–H groups in total. The van der Waals surface area contributed by atoms with Crippen LogP contribution in [0.1, 0.15) is 13.3 Å². The largest absolute Gasteiger partial charge is 2.00 e. The Labute approximate surface area is 67.8 Å². The van der Waals surface area contributed by atoms with Crippen molar-refractivity contribution in [2.24, 2.45) is 0 Å². The van der Waals surface area contributed by atoms with Gasteiger partial charge in [0.05, 0.1) is 0 Å². The smallest absolute Gasteiger partial charge is 0.358 e. The van der Waals surface area contributed by atoms with E-state index in [9.17, 15) is 0 Å². The Hall–Kier alpha value is 0.246. The van der Waals surface area contributed by atoms with Gasteiger partial charge in [-0.2, -0.15) is 6.08 Å². The van der Waals surface area contributed by atoms with Crippen LogP contribution in [-0.4, -0.2) is 23.1 Å². The molecule has 0 aromatic carbocycles. The molecule has 1 heteroatoms. The minimum atomic E-state index is 0. The van der Waals surface area contributed by atoms with Gasteiger partial charge in [-0.15, -0.1) is 6.42 Å². The van der Waals surface area contributed by atoms with E-state index in [-0.39, 0.29) is 30.5 Å². The van der Waals surface area contributed by atoms with Crippen molar-refractivity contribution in [2.45, 2.75) is 13.3 Å². The molecular weight excluding hydrogens is 108 g/mol. The van der Waals surface area contributed by atoms with E-state index in [1.54, 1.807) is 0 Å². The quantitative estimate of drug-likeness (QED) is 0.336. The van der Waals surface area contributed by atoms with Crippen LogP contribution < -0.4 is 0 Å². The molecule has 0 atom stereocenters. The topological polar surface area (TPSA) is 0 Å². The van der Waals surface area contributed by atoms with Crippen molar-refractivity contribution >= 4 is 23.1 Å². The standard InChI is InChI=1S/C6H7.CH3.Mg/c1-6-4-2-3-5-6;;/h2,4H,3H2,1H3;1H3;/q2*-1;+2. The molecule has 0 radical (unpaired) electrons. The normalized spacial score (nSPS) is 13.9. The molecule has 0 fully saturated rings. The second kappa shape index (κ2) is 5.38. The molecule has 0 aromatic heterocycles. The van der Waals surface area contributed by atoms with Gasteiger partial charge in [0.2, 0.25) is 0 Å². The molecule has 1 aliphatic carbocycles. The van der Waals surface area contributed by atoms with Crippen LogP contribution in [0.25, 0.3) is 0 Å². The summed E-state index contributed by atoms with van der Waals surface area (Å²) in [7, 11) is 0. The summed E-state index contributed by atoms with van der Waals surface area (Å²) in [5, 5.41) is 0. The Bertz CT molecular complexity index is 98.2. The summed E-state index contributed by atoms with van der Waals surface area (Å²) in [5.74, 6) is 0. The zero-order chi connectivity index (χ0) is 4.41. The van der Waals surface area contributed by atoms with E-state index in [0.717, 1.165) is 6.42 Å². The van der Waals surface area contributed by atoms with E-state index in [1.165, 1.54) is 5.57 Å². The van der Waals surface area contributed by atoms with Gasteiger partial charge in [0.25, 0.3) is 0 Å². The van der Waals surface area contributed by atoms with Crippen molar-refractivity contribution in [3.63, 3.8) is 0 Å². The second-order valence-electron chi connectivity index (χ2n) is 1.47. The molecular formula is C7H10Mg. The molecule has 1 aliphatic rings. The fourth-order valence-electron chi connectivity index (χ4n) is 0.515. The zero-order valence-electron chi connectivity index (χ0n) is 5.57. The van der Waals surface area contributed by atoms with Crippen molar-refractivity contribution in [3.05, 3.63) is 31.2 Å². The average Bonchev–Trinajstić information content (AvgIpc) is 1.86. The van der Waals surface area contributed by atoms with Gasteiger partial charge in [-0.05, 0) is 0 Å². The van der Waals surface area contributed by atoms with Crippen LogP contribution in [0, 0.1) is 13.5 Å². The first-order valence-electron chi connectivity index (χ1n) is 2.13. The molecule has 0 bridgehead atoms. The zero-order valence-corrected chi connectivity index (χ0v) is 6.98. The van der Waals surface area contributed by atoms with Gasteiger partial charge in [-0.1, -0.05) is 6.92 Å². The van der Waals surface area contributed by atoms with Gasteiger partial charge < -0.3 is 7.43 Å². The van der Waals surface area contributed by atoms with E-state index >= 15 is 0 Å². The van der Waals surface area contributed by atoms with Crippen molar-refractivity contribution < 1.29 is 0 Å². The van der Waals surface area contributed by atoms with Crippen LogP contribution >= 0.6 is 0 Å². The number of allylic oxidation sites excluding steroid dienone is 4. The maximum Gasteiger partial charge on any atom is 2.00 e. The van der Waals surface area contributed by atoms with Gasteiger partial charge >= 0.3 is 23.1 Å². The molecule has 0 heterocycles. The maximum atomic E-state index is 3.12. The Kier molecular flexibility index (Phi) is 7.47. The minimum Gasteiger partial charge on any atom is -0.358 e. The summed E-state index contributed by atoms with van der Waals surface area (Å²) in [6.07, 6.45) is 8.33. The first-order valence-corrected chi connectivity index (χ1v) is 2.13. The van der Waals surface area contributed by atoms with Gasteiger partial charge in [0, 0.05) is 0 Å². The van der Waals surface area contributed by atoms with E-state index in [4.69, 9.17) is 0 Å². The summed E-state index contributed by atoms with van der Waals surface area (Å²) >= 11 is 0. The van der Waals surface area contributed by atoms with E-state index in [0.29, 0.717) is 0 Å². The Morgan fingerprint density at radius 1 is 1.62 bits per heavy atom. The third-order valence-corrected chi connectivity index (χ3v) is 0.867. The van der Waals surface area contributed by atoms with Crippen molar-refractivity contribution in [1.29, 1.82) is 0 Å². The van der Waals surface area contributed by atoms with Crippen LogP contribution in [0.3, 0.4) is 0 Å². The van der Waals surface area contributed by atoms with Gasteiger partial charge in [0.1, 0.15) is 0 Å². The molecule has 8 heavy (non-hydrogen) atoms. The molecule has 0 aliphatic heterocycles. The summed E-state index contributed by atoms with van der Waals surface area (Å²) < 4.78 is 0. The molecule has 0 saturated carbocycles. The predicted octanol–water partition coefficient (Wildman–Crippen LogP) is 1.77. The molecule has 0 spiro atoms. The molecule has 1 rings (SSSR count). The Balaban J connectivity index is 0. The summed E-state index contributed by atoms with van der Waals surface area (Å²) in [4.78, 5) is 0. The van der Waals surface area contributed by atoms with Crippen LogP contribution in [-0.2, 0) is 0 Å². The minimum absolute atomic E-state index is 0. The molecule has 0 aromatic rings. The van der Waals surface area contributed by atoms with Gasteiger partial charge in [-0.25, -0.2) is 11.6 Å². The monoisotopic (exact) mass is 118 g/mol. The summed E-state index contributed by atoms with van der Waals surface area (Å²) in [5.41, 5.74) is 1.27. The van der Waals surface area contributed by atoms with Gasteiger partial charge in [0.15, 0.2) is 0 Å². The van der Waals surface area contributed by atoms with Crippen LogP contribution in [0.4, 0.5) is 0 Å². The molecule has 0 saturated heterocycles. The molecule has 0 unspecified atom stereocenters. The van der Waals surface area contributed by atoms with E-state index < -0.39 is 0 Å². The summed E-state index contributed by atoms with van der Waals surface area (Å²) in [6.45, 7) is 2.06. The van der Waals surface area contributed by atoms with Crippen LogP contribution in [0.2, 0.25) is 0 Å². The first-order chi connectivity index (χ1) is 2.89. The van der Waals surface area contributed by atoms with E-state index in [1.807, 2.05) is 0 Å². The van der Waals surface area contributed by atoms with Crippen LogP contribution in [0.15, 0.2) is 17.7 Å². The van der Waals surface area contributed by atoms with Gasteiger partial charge in [-0.3, -0.25) is 6.08 Å². The first kappa shape index (κ1) is 11.1. The average molecular weight is 118 g/mol.